The lowest BCUT2D eigenvalue weighted by Gasteiger charge is -2.10. The maximum atomic E-state index is 9.42. The first-order valence-electron chi connectivity index (χ1n) is 5.94. The van der Waals surface area contributed by atoms with Crippen molar-refractivity contribution < 1.29 is 0 Å². The van der Waals surface area contributed by atoms with E-state index in [-0.39, 0.29) is 5.37 Å². The van der Waals surface area contributed by atoms with E-state index < -0.39 is 0 Å². The molecule has 5 nitrogen and oxygen atoms in total. The predicted molar refractivity (Wildman–Crippen MR) is 100 cm³/mol. The third kappa shape index (κ3) is 3.70. The zero-order valence-corrected chi connectivity index (χ0v) is 16.0. The van der Waals surface area contributed by atoms with Gasteiger partial charge in [0.05, 0.1) is 10.6 Å². The molecular weight excluding hydrogens is 375 g/mol. The average Bonchev–Trinajstić information content (AvgIpc) is 3.10. The van der Waals surface area contributed by atoms with Gasteiger partial charge in [0.2, 0.25) is 0 Å². The first-order valence-corrected chi connectivity index (χ1v) is 11.5. The van der Waals surface area contributed by atoms with Crippen LogP contribution in [-0.2, 0) is 0 Å². The number of nitriles is 2. The number of hydrogen-bond acceptors (Lipinski definition) is 10. The van der Waals surface area contributed by atoms with Crippen LogP contribution in [0.1, 0.15) is 12.5 Å². The van der Waals surface area contributed by atoms with Gasteiger partial charge in [-0.05, 0) is 24.0 Å². The van der Waals surface area contributed by atoms with Crippen molar-refractivity contribution in [3.05, 3.63) is 20.8 Å². The van der Waals surface area contributed by atoms with Gasteiger partial charge in [0, 0.05) is 7.05 Å². The Morgan fingerprint density at radius 2 is 2.09 bits per heavy atom. The standard InChI is InChI=1S/C12H11N5S5/c1-6(18-3)16-10-8(5-14)12(22-20-10)17-11-7(4-13)9(15-2)19-21-11/h12,17H,1-3H3. The largest absolute Gasteiger partial charge is 0.358 e. The van der Waals surface area contributed by atoms with Gasteiger partial charge >= 0.3 is 0 Å². The summed E-state index contributed by atoms with van der Waals surface area (Å²) in [7, 11) is 7.60. The van der Waals surface area contributed by atoms with Gasteiger partial charge in [-0.3, -0.25) is 4.99 Å². The Labute approximate surface area is 148 Å². The fraction of sp³-hybridized carbons (Fsp3) is 0.333. The molecule has 0 radical (unpaired) electrons. The quantitative estimate of drug-likeness (QED) is 0.483. The number of nitrogens with one attached hydrogen (secondary N) is 1. The molecule has 1 aliphatic rings. The van der Waals surface area contributed by atoms with Gasteiger partial charge in [0.15, 0.2) is 0 Å². The summed E-state index contributed by atoms with van der Waals surface area (Å²) in [5.74, 6) is 0. The van der Waals surface area contributed by atoms with E-state index in [4.69, 9.17) is 0 Å². The molecule has 0 saturated carbocycles. The van der Waals surface area contributed by atoms with Crippen LogP contribution in [0.15, 0.2) is 20.6 Å². The molecule has 0 aromatic carbocycles. The minimum absolute atomic E-state index is 0.203. The lowest BCUT2D eigenvalue weighted by molar-refractivity contribution is 1.18. The topological polar surface area (TPSA) is 84.3 Å². The molecule has 0 fully saturated rings. The Hall–Kier alpha value is -0.910. The molecule has 0 saturated heterocycles. The fourth-order valence-corrected chi connectivity index (χ4v) is 6.58. The molecule has 0 aliphatic carbocycles. The molecule has 2 heterocycles. The number of thioether (sulfide) groups is 1. The molecule has 0 amide bonds. The van der Waals surface area contributed by atoms with Gasteiger partial charge in [0.1, 0.15) is 37.8 Å². The molecular formula is C12H11N5S5. The maximum Gasteiger partial charge on any atom is 0.141 e. The minimum Gasteiger partial charge on any atom is -0.358 e. The summed E-state index contributed by atoms with van der Waals surface area (Å²) in [5, 5.41) is 24.2. The highest BCUT2D eigenvalue weighted by Gasteiger charge is 2.29. The number of rotatable bonds is 3. The van der Waals surface area contributed by atoms with Crippen molar-refractivity contribution in [3.63, 3.8) is 0 Å². The first-order chi connectivity index (χ1) is 10.6. The summed E-state index contributed by atoms with van der Waals surface area (Å²) >= 11 is 1.55. The molecule has 10 heteroatoms. The van der Waals surface area contributed by atoms with Gasteiger partial charge in [-0.15, -0.1) is 11.8 Å². The molecule has 1 atom stereocenters. The van der Waals surface area contributed by atoms with Crippen LogP contribution in [0.2, 0.25) is 0 Å². The van der Waals surface area contributed by atoms with Crippen LogP contribution in [0.25, 0.3) is 0 Å². The lowest BCUT2D eigenvalue weighted by atomic mass is 10.3. The van der Waals surface area contributed by atoms with Crippen molar-refractivity contribution in [2.75, 3.05) is 18.6 Å². The number of anilines is 1. The first kappa shape index (κ1) is 17.4. The lowest BCUT2D eigenvalue weighted by Crippen LogP contribution is -2.15. The Morgan fingerprint density at radius 3 is 2.68 bits per heavy atom. The smallest absolute Gasteiger partial charge is 0.141 e. The fourth-order valence-electron chi connectivity index (χ4n) is 1.49. The maximum absolute atomic E-state index is 9.42. The normalized spacial score (nSPS) is 19.2. The van der Waals surface area contributed by atoms with E-state index in [1.165, 1.54) is 42.3 Å². The summed E-state index contributed by atoms with van der Waals surface area (Å²) in [6.07, 6.45) is 1.95. The molecule has 0 spiro atoms. The second-order valence-corrected chi connectivity index (χ2v) is 9.30. The Morgan fingerprint density at radius 1 is 1.32 bits per heavy atom. The van der Waals surface area contributed by atoms with Crippen LogP contribution in [-0.4, -0.2) is 23.7 Å². The molecule has 1 N–H and O–H groups in total. The Bertz CT molecular complexity index is 773. The highest BCUT2D eigenvalue weighted by molar-refractivity contribution is 8.78. The van der Waals surface area contributed by atoms with Crippen LogP contribution in [0, 0.1) is 22.7 Å². The van der Waals surface area contributed by atoms with E-state index in [2.05, 4.69) is 27.4 Å². The molecule has 2 rings (SSSR count). The van der Waals surface area contributed by atoms with Gasteiger partial charge in [-0.25, -0.2) is 4.99 Å². The summed E-state index contributed by atoms with van der Waals surface area (Å²) in [5.41, 5.74) is 1.14. The van der Waals surface area contributed by atoms with Crippen LogP contribution in [0.3, 0.4) is 0 Å². The molecule has 1 aromatic rings. The van der Waals surface area contributed by atoms with Crippen molar-refractivity contribution >= 4 is 64.1 Å². The SMILES string of the molecule is CN=c1ssc(NC2SSC(N=C(C)SC)=C2C#N)c1C#N. The molecule has 0 bridgehead atoms. The zero-order chi connectivity index (χ0) is 16.1. The Balaban J connectivity index is 2.31. The van der Waals surface area contributed by atoms with Crippen LogP contribution < -0.4 is 9.99 Å². The van der Waals surface area contributed by atoms with E-state index >= 15 is 0 Å². The minimum atomic E-state index is -0.203. The summed E-state index contributed by atoms with van der Waals surface area (Å²) in [6, 6.07) is 4.41. The highest BCUT2D eigenvalue weighted by atomic mass is 33.1. The van der Waals surface area contributed by atoms with Crippen molar-refractivity contribution in [2.45, 2.75) is 12.3 Å². The second-order valence-electron chi connectivity index (χ2n) is 3.88. The summed E-state index contributed by atoms with van der Waals surface area (Å²) < 4.78 is 0.713. The molecule has 1 aliphatic heterocycles. The van der Waals surface area contributed by atoms with Crippen molar-refractivity contribution in [1.82, 2.24) is 0 Å². The highest BCUT2D eigenvalue weighted by Crippen LogP contribution is 2.48. The molecule has 114 valence electrons. The van der Waals surface area contributed by atoms with Crippen molar-refractivity contribution in [1.29, 1.82) is 10.5 Å². The summed E-state index contributed by atoms with van der Waals surface area (Å²) in [4.78, 5) is 8.56. The van der Waals surface area contributed by atoms with Crippen LogP contribution in [0.4, 0.5) is 5.00 Å². The number of hydrogen-bond donors (Lipinski definition) is 1. The Kier molecular flexibility index (Phi) is 6.41. The van der Waals surface area contributed by atoms with E-state index in [1.54, 1.807) is 18.8 Å². The average molecular weight is 386 g/mol. The third-order valence-corrected chi connectivity index (χ3v) is 8.09. The van der Waals surface area contributed by atoms with E-state index in [9.17, 15) is 10.5 Å². The van der Waals surface area contributed by atoms with Crippen LogP contribution >= 0.6 is 54.0 Å². The van der Waals surface area contributed by atoms with E-state index in [0.717, 1.165) is 15.1 Å². The van der Waals surface area contributed by atoms with Crippen LogP contribution in [0.5, 0.6) is 0 Å². The zero-order valence-electron chi connectivity index (χ0n) is 11.9. The van der Waals surface area contributed by atoms with Crippen molar-refractivity contribution in [2.24, 2.45) is 9.98 Å². The predicted octanol–water partition coefficient (Wildman–Crippen LogP) is 3.86. The second kappa shape index (κ2) is 8.09. The summed E-state index contributed by atoms with van der Waals surface area (Å²) in [6.45, 7) is 1.92. The van der Waals surface area contributed by atoms with Gasteiger partial charge in [-0.1, -0.05) is 31.5 Å². The van der Waals surface area contributed by atoms with Gasteiger partial charge in [-0.2, -0.15) is 10.5 Å². The molecule has 22 heavy (non-hydrogen) atoms. The monoisotopic (exact) mass is 385 g/mol. The number of aliphatic imine (C=N–C) groups is 1. The third-order valence-electron chi connectivity index (χ3n) is 2.61. The van der Waals surface area contributed by atoms with E-state index in [0.29, 0.717) is 15.8 Å². The number of nitrogens with zero attached hydrogens (tertiary/aromatic N) is 4. The molecule has 1 unspecified atom stereocenters. The van der Waals surface area contributed by atoms with Gasteiger partial charge in [0.25, 0.3) is 0 Å². The van der Waals surface area contributed by atoms with E-state index in [1.807, 2.05) is 13.2 Å². The molecule has 1 aromatic heterocycles. The van der Waals surface area contributed by atoms with Crippen molar-refractivity contribution in [3.8, 4) is 12.1 Å². The van der Waals surface area contributed by atoms with Gasteiger partial charge < -0.3 is 5.32 Å².